The van der Waals surface area contributed by atoms with Gasteiger partial charge in [0.1, 0.15) is 5.60 Å². The minimum atomic E-state index is -0.474. The van der Waals surface area contributed by atoms with Crippen LogP contribution in [0.1, 0.15) is 34.1 Å². The maximum absolute atomic E-state index is 12.0. The molecule has 0 aromatic heterocycles. The Morgan fingerprint density at radius 1 is 1.47 bits per heavy atom. The lowest BCUT2D eigenvalue weighted by Crippen LogP contribution is -2.68. The van der Waals surface area contributed by atoms with Gasteiger partial charge in [0.05, 0.1) is 12.2 Å². The first-order valence-electron chi connectivity index (χ1n) is 6.04. The van der Waals surface area contributed by atoms with Crippen LogP contribution in [0.3, 0.4) is 0 Å². The second-order valence-electron chi connectivity index (χ2n) is 5.94. The van der Waals surface area contributed by atoms with Gasteiger partial charge in [0, 0.05) is 19.6 Å². The van der Waals surface area contributed by atoms with E-state index in [9.17, 15) is 9.18 Å². The Balaban J connectivity index is 2.27. The third kappa shape index (κ3) is 4.89. The number of carbonyl (C=O) groups is 1. The topological polar surface area (TPSA) is 41.6 Å². The van der Waals surface area contributed by atoms with Gasteiger partial charge < -0.3 is 10.1 Å². The fourth-order valence-corrected chi connectivity index (χ4v) is 2.01. The fourth-order valence-electron chi connectivity index (χ4n) is 2.01. The molecule has 1 heterocycles. The van der Waals surface area contributed by atoms with E-state index in [-0.39, 0.29) is 18.3 Å². The van der Waals surface area contributed by atoms with Crippen LogP contribution < -0.4 is 5.32 Å². The van der Waals surface area contributed by atoms with Crippen molar-refractivity contribution < 1.29 is 13.9 Å². The van der Waals surface area contributed by atoms with Crippen LogP contribution in [0.25, 0.3) is 0 Å². The highest BCUT2D eigenvalue weighted by molar-refractivity contribution is 5.69. The van der Waals surface area contributed by atoms with E-state index in [2.05, 4.69) is 10.2 Å². The maximum Gasteiger partial charge on any atom is 0.408 e. The smallest absolute Gasteiger partial charge is 0.408 e. The number of alkyl halides is 1. The molecule has 1 aliphatic rings. The Kier molecular flexibility index (Phi) is 4.36. The monoisotopic (exact) mass is 246 g/mol. The van der Waals surface area contributed by atoms with Crippen molar-refractivity contribution in [3.05, 3.63) is 0 Å². The Morgan fingerprint density at radius 3 is 2.53 bits per heavy atom. The van der Waals surface area contributed by atoms with Crippen molar-refractivity contribution in [2.24, 2.45) is 0 Å². The number of hydrogen-bond donors (Lipinski definition) is 1. The van der Waals surface area contributed by atoms with Crippen LogP contribution in [-0.4, -0.2) is 48.4 Å². The molecule has 0 unspecified atom stereocenters. The zero-order valence-corrected chi connectivity index (χ0v) is 11.2. The summed E-state index contributed by atoms with van der Waals surface area (Å²) in [5.41, 5.74) is -0.712. The van der Waals surface area contributed by atoms with Gasteiger partial charge in [0.2, 0.25) is 0 Å². The second-order valence-corrected chi connectivity index (χ2v) is 5.94. The highest BCUT2D eigenvalue weighted by Crippen LogP contribution is 2.21. The van der Waals surface area contributed by atoms with Gasteiger partial charge >= 0.3 is 6.09 Å². The normalized spacial score (nSPS) is 19.6. The summed E-state index contributed by atoms with van der Waals surface area (Å²) in [5, 5.41) is 2.86. The molecule has 5 heteroatoms. The van der Waals surface area contributed by atoms with E-state index in [4.69, 9.17) is 4.74 Å². The Bertz CT molecular complexity index is 270. The lowest BCUT2D eigenvalue weighted by Gasteiger charge is -2.48. The van der Waals surface area contributed by atoms with Gasteiger partial charge in [-0.25, -0.2) is 4.79 Å². The van der Waals surface area contributed by atoms with Crippen molar-refractivity contribution in [3.8, 4) is 0 Å². The first-order chi connectivity index (χ1) is 7.74. The number of likely N-dealkylation sites (tertiary alicyclic amines) is 1. The Labute approximate surface area is 102 Å². The molecular weight excluding hydrogens is 223 g/mol. The molecule has 100 valence electrons. The van der Waals surface area contributed by atoms with Gasteiger partial charge in [-0.3, -0.25) is 9.29 Å². The van der Waals surface area contributed by atoms with Gasteiger partial charge in [-0.2, -0.15) is 0 Å². The summed E-state index contributed by atoms with van der Waals surface area (Å²) in [4.78, 5) is 13.7. The van der Waals surface area contributed by atoms with E-state index < -0.39 is 5.60 Å². The Morgan fingerprint density at radius 2 is 2.06 bits per heavy atom. The third-order valence-corrected chi connectivity index (χ3v) is 2.56. The van der Waals surface area contributed by atoms with Crippen LogP contribution in [0.2, 0.25) is 0 Å². The molecule has 1 rings (SSSR count). The lowest BCUT2D eigenvalue weighted by atomic mass is 9.92. The van der Waals surface area contributed by atoms with Crippen LogP contribution in [-0.2, 0) is 4.74 Å². The summed E-state index contributed by atoms with van der Waals surface area (Å²) in [6.07, 6.45) is 0.174. The van der Waals surface area contributed by atoms with Crippen molar-refractivity contribution in [3.63, 3.8) is 0 Å². The van der Waals surface area contributed by atoms with Crippen LogP contribution in [0.5, 0.6) is 0 Å². The molecule has 1 N–H and O–H groups in total. The molecule has 17 heavy (non-hydrogen) atoms. The predicted octanol–water partition coefficient (Wildman–Crippen LogP) is 1.95. The number of amides is 1. The molecule has 0 radical (unpaired) electrons. The van der Waals surface area contributed by atoms with Crippen molar-refractivity contribution >= 4 is 6.09 Å². The molecule has 4 nitrogen and oxygen atoms in total. The van der Waals surface area contributed by atoms with E-state index in [1.807, 2.05) is 27.7 Å². The number of hydrogen-bond acceptors (Lipinski definition) is 3. The van der Waals surface area contributed by atoms with Crippen molar-refractivity contribution in [2.45, 2.75) is 45.3 Å². The third-order valence-electron chi connectivity index (χ3n) is 2.56. The van der Waals surface area contributed by atoms with E-state index in [1.54, 1.807) is 0 Å². The van der Waals surface area contributed by atoms with Crippen LogP contribution in [0.15, 0.2) is 0 Å². The fraction of sp³-hybridized carbons (Fsp3) is 0.917. The Hall–Kier alpha value is -0.840. The van der Waals surface area contributed by atoms with Crippen molar-refractivity contribution in [1.29, 1.82) is 0 Å². The van der Waals surface area contributed by atoms with E-state index in [0.29, 0.717) is 6.42 Å². The number of nitrogens with zero attached hydrogens (tertiary/aromatic N) is 1. The predicted molar refractivity (Wildman–Crippen MR) is 64.8 cm³/mol. The average Bonchev–Trinajstić information content (AvgIpc) is 2.07. The summed E-state index contributed by atoms with van der Waals surface area (Å²) < 4.78 is 17.2. The quantitative estimate of drug-likeness (QED) is 0.824. The zero-order chi connectivity index (χ0) is 13.1. The molecule has 1 aliphatic heterocycles. The molecule has 0 bridgehead atoms. The van der Waals surface area contributed by atoms with Crippen LogP contribution in [0.4, 0.5) is 9.18 Å². The zero-order valence-electron chi connectivity index (χ0n) is 11.2. The minimum Gasteiger partial charge on any atom is -0.444 e. The van der Waals surface area contributed by atoms with Crippen molar-refractivity contribution in [1.82, 2.24) is 10.2 Å². The molecule has 1 amide bonds. The second kappa shape index (κ2) is 5.21. The van der Waals surface area contributed by atoms with Gasteiger partial charge in [-0.05, 0) is 34.1 Å². The molecule has 0 spiro atoms. The SMILES string of the molecule is CC1(NC(=O)OC(C)(C)C)CN(CCCF)C1. The molecule has 0 aromatic rings. The molecular formula is C12H23FN2O2. The van der Waals surface area contributed by atoms with Crippen molar-refractivity contribution in [2.75, 3.05) is 26.3 Å². The summed E-state index contributed by atoms with van der Waals surface area (Å²) in [7, 11) is 0. The number of nitrogens with one attached hydrogen (secondary N) is 1. The van der Waals surface area contributed by atoms with E-state index >= 15 is 0 Å². The van der Waals surface area contributed by atoms with Crippen LogP contribution in [0, 0.1) is 0 Å². The van der Waals surface area contributed by atoms with E-state index in [0.717, 1.165) is 19.6 Å². The molecule has 0 saturated carbocycles. The highest BCUT2D eigenvalue weighted by Gasteiger charge is 2.40. The molecule has 1 fully saturated rings. The molecule has 1 saturated heterocycles. The summed E-state index contributed by atoms with van der Waals surface area (Å²) in [6.45, 7) is 9.46. The number of rotatable bonds is 4. The van der Waals surface area contributed by atoms with E-state index in [1.165, 1.54) is 0 Å². The van der Waals surface area contributed by atoms with Crippen LogP contribution >= 0.6 is 0 Å². The average molecular weight is 246 g/mol. The number of ether oxygens (including phenoxy) is 1. The number of alkyl carbamates (subject to hydrolysis) is 1. The highest BCUT2D eigenvalue weighted by atomic mass is 19.1. The summed E-state index contributed by atoms with van der Waals surface area (Å²) in [6, 6.07) is 0. The molecule has 0 aromatic carbocycles. The number of halogens is 1. The minimum absolute atomic E-state index is 0.237. The molecule has 0 atom stereocenters. The summed E-state index contributed by atoms with van der Waals surface area (Å²) >= 11 is 0. The first kappa shape index (κ1) is 14.2. The maximum atomic E-state index is 12.0. The lowest BCUT2D eigenvalue weighted by molar-refractivity contribution is 0.0170. The van der Waals surface area contributed by atoms with Gasteiger partial charge in [0.15, 0.2) is 0 Å². The molecule has 0 aliphatic carbocycles. The van der Waals surface area contributed by atoms with Gasteiger partial charge in [0.25, 0.3) is 0 Å². The summed E-state index contributed by atoms with van der Waals surface area (Å²) in [5.74, 6) is 0. The van der Waals surface area contributed by atoms with Gasteiger partial charge in [-0.1, -0.05) is 0 Å². The largest absolute Gasteiger partial charge is 0.444 e. The standard InChI is InChI=1S/C12H23FN2O2/c1-11(2,3)17-10(16)14-12(4)8-15(9-12)7-5-6-13/h5-9H2,1-4H3,(H,14,16). The van der Waals surface area contributed by atoms with Gasteiger partial charge in [-0.15, -0.1) is 0 Å². The number of carbonyl (C=O) groups excluding carboxylic acids is 1. The first-order valence-corrected chi connectivity index (χ1v) is 6.04.